The summed E-state index contributed by atoms with van der Waals surface area (Å²) < 4.78 is 1.31. The highest BCUT2D eigenvalue weighted by Crippen LogP contribution is 1.97. The molecule has 0 bridgehead atoms. The zero-order chi connectivity index (χ0) is 14.4. The molecule has 19 heavy (non-hydrogen) atoms. The van der Waals surface area contributed by atoms with Crippen LogP contribution < -0.4 is 16.6 Å². The fourth-order valence-electron chi connectivity index (χ4n) is 1.67. The zero-order valence-corrected chi connectivity index (χ0v) is 11.7. The summed E-state index contributed by atoms with van der Waals surface area (Å²) in [5, 5.41) is 2.86. The van der Waals surface area contributed by atoms with E-state index in [9.17, 15) is 9.59 Å². The lowest BCUT2D eigenvalue weighted by molar-refractivity contribution is -0.122. The normalized spacial score (nSPS) is 12.4. The Kier molecular flexibility index (Phi) is 5.57. The van der Waals surface area contributed by atoms with Crippen LogP contribution in [0.2, 0.25) is 0 Å². The van der Waals surface area contributed by atoms with Crippen molar-refractivity contribution in [2.45, 2.75) is 25.9 Å². The highest BCUT2D eigenvalue weighted by atomic mass is 16.2. The number of hydrogen-bond acceptors (Lipinski definition) is 4. The number of rotatable bonds is 6. The number of nitrogens with two attached hydrogens (primary N) is 1. The first-order valence-electron chi connectivity index (χ1n) is 6.28. The fraction of sp³-hybridized carbons (Fsp3) is 0.538. The number of carbonyl (C=O) groups is 1. The lowest BCUT2D eigenvalue weighted by atomic mass is 10.2. The summed E-state index contributed by atoms with van der Waals surface area (Å²) >= 11 is 0. The summed E-state index contributed by atoms with van der Waals surface area (Å²) in [6, 6.07) is 2.96. The molecule has 1 atom stereocenters. The lowest BCUT2D eigenvalue weighted by Crippen LogP contribution is -2.38. The molecule has 6 nitrogen and oxygen atoms in total. The van der Waals surface area contributed by atoms with E-state index in [1.165, 1.54) is 22.9 Å². The number of carbonyl (C=O) groups excluding carboxylic acids is 1. The maximum atomic E-state index is 11.8. The quantitative estimate of drug-likeness (QED) is 0.752. The molecule has 1 amide bonds. The van der Waals surface area contributed by atoms with Crippen LogP contribution in [0.15, 0.2) is 23.1 Å². The Morgan fingerprint density at radius 2 is 2.16 bits per heavy atom. The summed E-state index contributed by atoms with van der Waals surface area (Å²) in [6.45, 7) is 2.85. The summed E-state index contributed by atoms with van der Waals surface area (Å²) in [5.74, 6) is -0.182. The highest BCUT2D eigenvalue weighted by Gasteiger charge is 2.09. The molecular weight excluding hydrogens is 244 g/mol. The van der Waals surface area contributed by atoms with Crippen molar-refractivity contribution in [1.29, 1.82) is 0 Å². The Balaban J connectivity index is 2.51. The number of hydrogen-bond donors (Lipinski definition) is 2. The second-order valence-electron chi connectivity index (χ2n) is 4.99. The number of anilines is 1. The monoisotopic (exact) mass is 266 g/mol. The van der Waals surface area contributed by atoms with Crippen LogP contribution in [0.25, 0.3) is 0 Å². The molecule has 0 saturated carbocycles. The van der Waals surface area contributed by atoms with Crippen molar-refractivity contribution in [2.75, 3.05) is 26.4 Å². The van der Waals surface area contributed by atoms with E-state index in [-0.39, 0.29) is 24.1 Å². The van der Waals surface area contributed by atoms with Crippen LogP contribution >= 0.6 is 0 Å². The van der Waals surface area contributed by atoms with Gasteiger partial charge >= 0.3 is 0 Å². The van der Waals surface area contributed by atoms with Crippen molar-refractivity contribution in [2.24, 2.45) is 0 Å². The molecule has 0 aromatic carbocycles. The second kappa shape index (κ2) is 6.94. The third-order valence-corrected chi connectivity index (χ3v) is 2.74. The van der Waals surface area contributed by atoms with Crippen LogP contribution in [0.3, 0.4) is 0 Å². The van der Waals surface area contributed by atoms with Gasteiger partial charge in [-0.05, 0) is 40.1 Å². The van der Waals surface area contributed by atoms with Crippen LogP contribution in [-0.4, -0.2) is 42.1 Å². The summed E-state index contributed by atoms with van der Waals surface area (Å²) in [7, 11) is 3.97. The molecule has 1 aromatic rings. The highest BCUT2D eigenvalue weighted by molar-refractivity contribution is 5.76. The second-order valence-corrected chi connectivity index (χ2v) is 4.99. The van der Waals surface area contributed by atoms with Gasteiger partial charge in [-0.15, -0.1) is 0 Å². The minimum Gasteiger partial charge on any atom is -0.398 e. The first kappa shape index (κ1) is 15.2. The Bertz CT molecular complexity index is 482. The van der Waals surface area contributed by atoms with E-state index < -0.39 is 0 Å². The Morgan fingerprint density at radius 3 is 2.79 bits per heavy atom. The Hall–Kier alpha value is -1.82. The first-order chi connectivity index (χ1) is 8.88. The maximum absolute atomic E-state index is 11.8. The minimum absolute atomic E-state index is 0.00379. The average molecular weight is 266 g/mol. The van der Waals surface area contributed by atoms with E-state index in [1.807, 2.05) is 21.0 Å². The molecule has 0 aliphatic heterocycles. The third kappa shape index (κ3) is 5.56. The van der Waals surface area contributed by atoms with E-state index in [2.05, 4.69) is 10.2 Å². The number of pyridine rings is 1. The van der Waals surface area contributed by atoms with Gasteiger partial charge in [-0.2, -0.15) is 0 Å². The number of nitrogens with zero attached hydrogens (tertiary/aromatic N) is 2. The molecule has 106 valence electrons. The van der Waals surface area contributed by atoms with E-state index in [0.29, 0.717) is 5.69 Å². The van der Waals surface area contributed by atoms with Crippen molar-refractivity contribution < 1.29 is 4.79 Å². The van der Waals surface area contributed by atoms with Crippen LogP contribution in [0.1, 0.15) is 13.3 Å². The first-order valence-corrected chi connectivity index (χ1v) is 6.28. The number of amides is 1. The topological polar surface area (TPSA) is 80.4 Å². The van der Waals surface area contributed by atoms with Gasteiger partial charge in [-0.25, -0.2) is 0 Å². The molecule has 6 heteroatoms. The summed E-state index contributed by atoms with van der Waals surface area (Å²) in [5.41, 5.74) is 5.82. The largest absolute Gasteiger partial charge is 0.398 e. The van der Waals surface area contributed by atoms with Gasteiger partial charge in [-0.1, -0.05) is 0 Å². The number of nitrogens with one attached hydrogen (secondary N) is 1. The van der Waals surface area contributed by atoms with Gasteiger partial charge in [0.2, 0.25) is 5.91 Å². The predicted octanol–water partition coefficient (Wildman–Crippen LogP) is -0.113. The molecule has 1 unspecified atom stereocenters. The van der Waals surface area contributed by atoms with Gasteiger partial charge in [0.25, 0.3) is 5.56 Å². The number of nitrogen functional groups attached to an aromatic ring is 1. The standard InChI is InChI=1S/C13H22N4O2/c1-10(6-7-16(2)3)15-12(18)9-17-8-11(14)4-5-13(17)19/h4-5,8,10H,6-7,9,14H2,1-3H3,(H,15,18). The van der Waals surface area contributed by atoms with E-state index >= 15 is 0 Å². The van der Waals surface area contributed by atoms with Gasteiger partial charge in [0.1, 0.15) is 6.54 Å². The molecule has 0 saturated heterocycles. The SMILES string of the molecule is CC(CCN(C)C)NC(=O)Cn1cc(N)ccc1=O. The van der Waals surface area contributed by atoms with Crippen molar-refractivity contribution in [3.63, 3.8) is 0 Å². The van der Waals surface area contributed by atoms with Crippen molar-refractivity contribution in [1.82, 2.24) is 14.8 Å². The molecule has 1 heterocycles. The zero-order valence-electron chi connectivity index (χ0n) is 11.7. The molecule has 0 radical (unpaired) electrons. The van der Waals surface area contributed by atoms with Gasteiger partial charge in [0, 0.05) is 24.0 Å². The van der Waals surface area contributed by atoms with Gasteiger partial charge in [0.05, 0.1) is 0 Å². The Morgan fingerprint density at radius 1 is 1.47 bits per heavy atom. The van der Waals surface area contributed by atoms with Gasteiger partial charge in [-0.3, -0.25) is 9.59 Å². The van der Waals surface area contributed by atoms with Crippen molar-refractivity contribution >= 4 is 11.6 Å². The average Bonchev–Trinajstić information content (AvgIpc) is 2.31. The van der Waals surface area contributed by atoms with Gasteiger partial charge < -0.3 is 20.5 Å². The smallest absolute Gasteiger partial charge is 0.251 e. The van der Waals surface area contributed by atoms with Crippen molar-refractivity contribution in [3.05, 3.63) is 28.7 Å². The van der Waals surface area contributed by atoms with Crippen LogP contribution in [-0.2, 0) is 11.3 Å². The lowest BCUT2D eigenvalue weighted by Gasteiger charge is -2.17. The van der Waals surface area contributed by atoms with Gasteiger partial charge in [0.15, 0.2) is 0 Å². The summed E-state index contributed by atoms with van der Waals surface area (Å²) in [6.07, 6.45) is 2.34. The van der Waals surface area contributed by atoms with Crippen LogP contribution in [0.4, 0.5) is 5.69 Å². The Labute approximate surface area is 113 Å². The predicted molar refractivity (Wildman–Crippen MR) is 75.9 cm³/mol. The van der Waals surface area contributed by atoms with E-state index in [0.717, 1.165) is 13.0 Å². The third-order valence-electron chi connectivity index (χ3n) is 2.74. The molecule has 1 aromatic heterocycles. The summed E-state index contributed by atoms with van der Waals surface area (Å²) in [4.78, 5) is 25.4. The van der Waals surface area contributed by atoms with Crippen LogP contribution in [0.5, 0.6) is 0 Å². The number of aromatic nitrogens is 1. The molecule has 0 fully saturated rings. The van der Waals surface area contributed by atoms with E-state index in [1.54, 1.807) is 0 Å². The molecular formula is C13H22N4O2. The fourth-order valence-corrected chi connectivity index (χ4v) is 1.67. The maximum Gasteiger partial charge on any atom is 0.251 e. The van der Waals surface area contributed by atoms with E-state index in [4.69, 9.17) is 5.73 Å². The molecule has 0 aliphatic carbocycles. The molecule has 3 N–H and O–H groups in total. The molecule has 1 rings (SSSR count). The molecule has 0 spiro atoms. The molecule has 0 aliphatic rings. The minimum atomic E-state index is -0.231. The van der Waals surface area contributed by atoms with Crippen molar-refractivity contribution in [3.8, 4) is 0 Å². The van der Waals surface area contributed by atoms with Crippen LogP contribution in [0, 0.1) is 0 Å².